The van der Waals surface area contributed by atoms with Crippen molar-refractivity contribution in [2.24, 2.45) is 0 Å². The molecule has 1 N–H and O–H groups in total. The highest BCUT2D eigenvalue weighted by molar-refractivity contribution is 6.32. The van der Waals surface area contributed by atoms with Crippen LogP contribution in [-0.4, -0.2) is 25.0 Å². The smallest absolute Gasteiger partial charge is 0.256 e. The molecule has 0 aliphatic carbocycles. The zero-order valence-electron chi connectivity index (χ0n) is 14.3. The number of nitrogens with one attached hydrogen (secondary N) is 1. The number of anilines is 2. The minimum atomic E-state index is -0.602. The molecule has 5 nitrogen and oxygen atoms in total. The molecule has 1 fully saturated rings. The lowest BCUT2D eigenvalue weighted by molar-refractivity contribution is -0.121. The van der Waals surface area contributed by atoms with Crippen LogP contribution in [0.4, 0.5) is 11.4 Å². The summed E-state index contributed by atoms with van der Waals surface area (Å²) in [6.45, 7) is 3.79. The molecule has 0 radical (unpaired) electrons. The van der Waals surface area contributed by atoms with Crippen LogP contribution in [0, 0.1) is 13.8 Å². The standard InChI is InChI=1S/C19H19ClN2O3/c1-11-5-4-6-13(7-11)21-15-10-18(23)22(19(15)24)16-8-12(2)14(20)9-17(16)25-3/h4-9,15,21H,10H2,1-3H3. The number of amides is 2. The number of rotatable bonds is 4. The second-order valence-corrected chi connectivity index (χ2v) is 6.52. The topological polar surface area (TPSA) is 58.6 Å². The van der Waals surface area contributed by atoms with E-state index in [1.54, 1.807) is 12.1 Å². The molecule has 0 spiro atoms. The van der Waals surface area contributed by atoms with Gasteiger partial charge in [-0.3, -0.25) is 9.59 Å². The van der Waals surface area contributed by atoms with Gasteiger partial charge in [0.1, 0.15) is 11.8 Å². The fourth-order valence-electron chi connectivity index (χ4n) is 2.92. The number of nitrogens with zero attached hydrogens (tertiary/aromatic N) is 1. The van der Waals surface area contributed by atoms with E-state index in [1.165, 1.54) is 12.0 Å². The van der Waals surface area contributed by atoms with E-state index >= 15 is 0 Å². The number of hydrogen-bond acceptors (Lipinski definition) is 4. The first kappa shape index (κ1) is 17.3. The number of halogens is 1. The van der Waals surface area contributed by atoms with E-state index in [0.717, 1.165) is 16.8 Å². The molecule has 6 heteroatoms. The fourth-order valence-corrected chi connectivity index (χ4v) is 3.07. The first-order chi connectivity index (χ1) is 11.9. The third kappa shape index (κ3) is 3.33. The predicted molar refractivity (Wildman–Crippen MR) is 98.4 cm³/mol. The maximum Gasteiger partial charge on any atom is 0.256 e. The number of ether oxygens (including phenoxy) is 1. The summed E-state index contributed by atoms with van der Waals surface area (Å²) in [6.07, 6.45) is 0.0948. The van der Waals surface area contributed by atoms with Gasteiger partial charge in [-0.25, -0.2) is 4.90 Å². The van der Waals surface area contributed by atoms with Gasteiger partial charge in [0, 0.05) is 16.8 Å². The van der Waals surface area contributed by atoms with Crippen molar-refractivity contribution < 1.29 is 14.3 Å². The number of methoxy groups -OCH3 is 1. The number of benzene rings is 2. The lowest BCUT2D eigenvalue weighted by atomic mass is 10.2. The minimum absolute atomic E-state index is 0.0948. The average molecular weight is 359 g/mol. The summed E-state index contributed by atoms with van der Waals surface area (Å²) in [5, 5.41) is 3.67. The van der Waals surface area contributed by atoms with Crippen LogP contribution >= 0.6 is 11.6 Å². The van der Waals surface area contributed by atoms with Gasteiger partial charge in [0.2, 0.25) is 5.91 Å². The van der Waals surface area contributed by atoms with Gasteiger partial charge in [-0.05, 0) is 43.2 Å². The van der Waals surface area contributed by atoms with Crippen LogP contribution in [0.2, 0.25) is 5.02 Å². The largest absolute Gasteiger partial charge is 0.495 e. The second-order valence-electron chi connectivity index (χ2n) is 6.11. The number of imide groups is 1. The Bertz CT molecular complexity index is 851. The number of carbonyl (C=O) groups excluding carboxylic acids is 2. The van der Waals surface area contributed by atoms with Crippen LogP contribution in [0.5, 0.6) is 5.75 Å². The van der Waals surface area contributed by atoms with E-state index in [9.17, 15) is 9.59 Å². The van der Waals surface area contributed by atoms with Crippen LogP contribution in [0.25, 0.3) is 0 Å². The Hall–Kier alpha value is -2.53. The van der Waals surface area contributed by atoms with Crippen LogP contribution in [0.1, 0.15) is 17.5 Å². The van der Waals surface area contributed by atoms with Crippen LogP contribution in [0.15, 0.2) is 36.4 Å². The van der Waals surface area contributed by atoms with Gasteiger partial charge in [-0.15, -0.1) is 0 Å². The lowest BCUT2D eigenvalue weighted by Crippen LogP contribution is -2.35. The predicted octanol–water partition coefficient (Wildman–Crippen LogP) is 3.71. The molecular weight excluding hydrogens is 340 g/mol. The molecule has 25 heavy (non-hydrogen) atoms. The SMILES string of the molecule is COc1cc(Cl)c(C)cc1N1C(=O)CC(Nc2cccc(C)c2)C1=O. The monoisotopic (exact) mass is 358 g/mol. The van der Waals surface area contributed by atoms with Crippen molar-refractivity contribution in [1.82, 2.24) is 0 Å². The molecule has 1 heterocycles. The van der Waals surface area contributed by atoms with Crippen molar-refractivity contribution in [2.75, 3.05) is 17.3 Å². The summed E-state index contributed by atoms with van der Waals surface area (Å²) in [5.74, 6) is -0.171. The van der Waals surface area contributed by atoms with Gasteiger partial charge in [0.05, 0.1) is 19.2 Å². The molecule has 0 aromatic heterocycles. The van der Waals surface area contributed by atoms with Crippen molar-refractivity contribution in [3.8, 4) is 5.75 Å². The summed E-state index contributed by atoms with van der Waals surface area (Å²) in [6, 6.07) is 10.4. The molecule has 0 bridgehead atoms. The fraction of sp³-hybridized carbons (Fsp3) is 0.263. The van der Waals surface area contributed by atoms with E-state index in [2.05, 4.69) is 5.32 Å². The molecule has 1 atom stereocenters. The van der Waals surface area contributed by atoms with Gasteiger partial charge in [0.25, 0.3) is 5.91 Å². The molecule has 0 saturated carbocycles. The zero-order chi connectivity index (χ0) is 18.1. The van der Waals surface area contributed by atoms with Crippen molar-refractivity contribution in [2.45, 2.75) is 26.3 Å². The highest BCUT2D eigenvalue weighted by Gasteiger charge is 2.41. The van der Waals surface area contributed by atoms with Crippen LogP contribution in [-0.2, 0) is 9.59 Å². The number of carbonyl (C=O) groups is 2. The molecule has 1 saturated heterocycles. The van der Waals surface area contributed by atoms with Crippen molar-refractivity contribution >= 4 is 34.8 Å². The summed E-state index contributed by atoms with van der Waals surface area (Å²) in [7, 11) is 1.48. The Labute approximate surface area is 151 Å². The second kappa shape index (κ2) is 6.76. The summed E-state index contributed by atoms with van der Waals surface area (Å²) < 4.78 is 5.31. The summed E-state index contributed by atoms with van der Waals surface area (Å²) in [4.78, 5) is 26.5. The number of hydrogen-bond donors (Lipinski definition) is 1. The quantitative estimate of drug-likeness (QED) is 0.846. The van der Waals surface area contributed by atoms with Crippen molar-refractivity contribution in [1.29, 1.82) is 0 Å². The number of aryl methyl sites for hydroxylation is 2. The Morgan fingerprint density at radius 1 is 1.20 bits per heavy atom. The first-order valence-electron chi connectivity index (χ1n) is 7.95. The van der Waals surface area contributed by atoms with E-state index in [-0.39, 0.29) is 18.2 Å². The van der Waals surface area contributed by atoms with Crippen molar-refractivity contribution in [3.05, 3.63) is 52.5 Å². The van der Waals surface area contributed by atoms with E-state index in [1.807, 2.05) is 38.1 Å². The zero-order valence-corrected chi connectivity index (χ0v) is 15.1. The molecule has 3 rings (SSSR count). The Morgan fingerprint density at radius 3 is 2.64 bits per heavy atom. The van der Waals surface area contributed by atoms with E-state index in [4.69, 9.17) is 16.3 Å². The maximum atomic E-state index is 12.8. The van der Waals surface area contributed by atoms with Gasteiger partial charge in [-0.2, -0.15) is 0 Å². The molecule has 2 aromatic carbocycles. The molecule has 2 aromatic rings. The highest BCUT2D eigenvalue weighted by Crippen LogP contribution is 2.36. The lowest BCUT2D eigenvalue weighted by Gasteiger charge is -2.20. The Balaban J connectivity index is 1.91. The maximum absolute atomic E-state index is 12.8. The van der Waals surface area contributed by atoms with E-state index < -0.39 is 6.04 Å². The molecule has 130 valence electrons. The minimum Gasteiger partial charge on any atom is -0.495 e. The molecule has 1 aliphatic heterocycles. The molecular formula is C19H19ClN2O3. The van der Waals surface area contributed by atoms with Gasteiger partial charge in [-0.1, -0.05) is 23.7 Å². The Morgan fingerprint density at radius 2 is 1.96 bits per heavy atom. The van der Waals surface area contributed by atoms with Crippen molar-refractivity contribution in [3.63, 3.8) is 0 Å². The third-order valence-electron chi connectivity index (χ3n) is 4.21. The Kier molecular flexibility index (Phi) is 4.68. The van der Waals surface area contributed by atoms with Gasteiger partial charge >= 0.3 is 0 Å². The highest BCUT2D eigenvalue weighted by atomic mass is 35.5. The third-order valence-corrected chi connectivity index (χ3v) is 4.61. The molecule has 1 unspecified atom stereocenters. The molecule has 1 aliphatic rings. The molecule has 2 amide bonds. The normalized spacial score (nSPS) is 17.1. The van der Waals surface area contributed by atoms with Gasteiger partial charge in [0.15, 0.2) is 0 Å². The summed E-state index contributed by atoms with van der Waals surface area (Å²) >= 11 is 6.11. The first-order valence-corrected chi connectivity index (χ1v) is 8.32. The van der Waals surface area contributed by atoms with E-state index in [0.29, 0.717) is 16.5 Å². The van der Waals surface area contributed by atoms with Gasteiger partial charge < -0.3 is 10.1 Å². The van der Waals surface area contributed by atoms with Crippen LogP contribution in [0.3, 0.4) is 0 Å². The summed E-state index contributed by atoms with van der Waals surface area (Å²) in [5.41, 5.74) is 3.09. The van der Waals surface area contributed by atoms with Crippen LogP contribution < -0.4 is 15.0 Å². The average Bonchev–Trinajstić information content (AvgIpc) is 2.83.